The zero-order valence-electron chi connectivity index (χ0n) is 21.8. The van der Waals surface area contributed by atoms with E-state index in [0.717, 1.165) is 4.68 Å². The van der Waals surface area contributed by atoms with E-state index in [0.29, 0.717) is 47.7 Å². The van der Waals surface area contributed by atoms with Gasteiger partial charge in [-0.15, -0.1) is 0 Å². The van der Waals surface area contributed by atoms with Crippen LogP contribution in [0.4, 0.5) is 18.9 Å². The minimum Gasteiger partial charge on any atom is -0.480 e. The van der Waals surface area contributed by atoms with E-state index < -0.39 is 18.3 Å². The number of aryl methyl sites for hydroxylation is 1. The molecular formula is C26H27F3N6O4. The summed E-state index contributed by atoms with van der Waals surface area (Å²) in [6.45, 7) is 5.04. The van der Waals surface area contributed by atoms with E-state index in [4.69, 9.17) is 14.5 Å². The molecule has 3 aromatic rings. The number of fused-ring (bicyclic) bond motifs is 1. The number of methoxy groups -OCH3 is 1. The number of hydrogen-bond acceptors (Lipinski definition) is 7. The summed E-state index contributed by atoms with van der Waals surface area (Å²) in [5.41, 5.74) is 1.93. The maximum atomic E-state index is 13.5. The van der Waals surface area contributed by atoms with Gasteiger partial charge in [-0.3, -0.25) is 19.2 Å². The first-order valence-corrected chi connectivity index (χ1v) is 12.3. The lowest BCUT2D eigenvalue weighted by atomic mass is 9.96. The van der Waals surface area contributed by atoms with Crippen molar-refractivity contribution in [3.63, 3.8) is 0 Å². The fourth-order valence-corrected chi connectivity index (χ4v) is 5.01. The van der Waals surface area contributed by atoms with Gasteiger partial charge in [0.1, 0.15) is 12.1 Å². The summed E-state index contributed by atoms with van der Waals surface area (Å²) < 4.78 is 50.0. The number of carbonyl (C=O) groups excluding carboxylic acids is 2. The van der Waals surface area contributed by atoms with Crippen LogP contribution in [0, 0.1) is 6.92 Å². The van der Waals surface area contributed by atoms with Crippen LogP contribution in [-0.2, 0) is 16.8 Å². The van der Waals surface area contributed by atoms with E-state index in [1.54, 1.807) is 32.9 Å². The SMILES string of the molecule is COc1ncc(-c2cc(C)c3c(n2)C(C)(C)N(c2cnn(CC(F)(F)F)c2)C3=O)cc1C(=O)NC1CCOC1. The highest BCUT2D eigenvalue weighted by atomic mass is 19.4. The van der Waals surface area contributed by atoms with Crippen LogP contribution in [0.5, 0.6) is 5.88 Å². The predicted octanol–water partition coefficient (Wildman–Crippen LogP) is 3.63. The molecule has 10 nitrogen and oxygen atoms in total. The predicted molar refractivity (Wildman–Crippen MR) is 134 cm³/mol. The van der Waals surface area contributed by atoms with Gasteiger partial charge in [0.15, 0.2) is 0 Å². The molecule has 0 aromatic carbocycles. The highest BCUT2D eigenvalue weighted by molar-refractivity contribution is 6.12. The van der Waals surface area contributed by atoms with Crippen LogP contribution in [0.25, 0.3) is 11.3 Å². The quantitative estimate of drug-likeness (QED) is 0.505. The third-order valence-electron chi connectivity index (χ3n) is 6.84. The lowest BCUT2D eigenvalue weighted by Gasteiger charge is -2.30. The fourth-order valence-electron chi connectivity index (χ4n) is 5.01. The largest absolute Gasteiger partial charge is 0.480 e. The molecule has 13 heteroatoms. The lowest BCUT2D eigenvalue weighted by molar-refractivity contribution is -0.142. The molecule has 206 valence electrons. The number of halogens is 3. The summed E-state index contributed by atoms with van der Waals surface area (Å²) in [5, 5.41) is 6.72. The van der Waals surface area contributed by atoms with Crippen molar-refractivity contribution in [2.75, 3.05) is 25.2 Å². The molecule has 1 atom stereocenters. The Bertz CT molecular complexity index is 1450. The second kappa shape index (κ2) is 9.63. The van der Waals surface area contributed by atoms with Gasteiger partial charge >= 0.3 is 6.18 Å². The number of nitrogens with zero attached hydrogens (tertiary/aromatic N) is 5. The molecule has 0 saturated carbocycles. The first kappa shape index (κ1) is 26.6. The Morgan fingerprint density at radius 2 is 2.05 bits per heavy atom. The highest BCUT2D eigenvalue weighted by Crippen LogP contribution is 2.43. The molecule has 5 rings (SSSR count). The van der Waals surface area contributed by atoms with Gasteiger partial charge in [-0.05, 0) is 44.9 Å². The van der Waals surface area contributed by atoms with Gasteiger partial charge < -0.3 is 14.8 Å². The molecule has 1 fully saturated rings. The van der Waals surface area contributed by atoms with Gasteiger partial charge in [-0.2, -0.15) is 18.3 Å². The van der Waals surface area contributed by atoms with Crippen molar-refractivity contribution >= 4 is 17.5 Å². The summed E-state index contributed by atoms with van der Waals surface area (Å²) in [6, 6.07) is 3.25. The van der Waals surface area contributed by atoms with Crippen LogP contribution in [0.15, 0.2) is 30.7 Å². The average Bonchev–Trinajstić information content (AvgIpc) is 3.57. The molecule has 0 radical (unpaired) electrons. The second-order valence-corrected chi connectivity index (χ2v) is 10.1. The number of amides is 2. The lowest BCUT2D eigenvalue weighted by Crippen LogP contribution is -2.39. The monoisotopic (exact) mass is 544 g/mol. The van der Waals surface area contributed by atoms with Crippen LogP contribution in [0.2, 0.25) is 0 Å². The second-order valence-electron chi connectivity index (χ2n) is 10.1. The molecule has 3 aromatic heterocycles. The Labute approximate surface area is 222 Å². The van der Waals surface area contributed by atoms with Crippen molar-refractivity contribution in [3.8, 4) is 17.1 Å². The molecule has 0 spiro atoms. The van der Waals surface area contributed by atoms with Crippen LogP contribution in [0.3, 0.4) is 0 Å². The summed E-state index contributed by atoms with van der Waals surface area (Å²) in [4.78, 5) is 37.0. The molecule has 0 aliphatic carbocycles. The van der Waals surface area contributed by atoms with Crippen LogP contribution in [-0.4, -0.2) is 64.1 Å². The number of aromatic nitrogens is 4. The van der Waals surface area contributed by atoms with Gasteiger partial charge in [-0.1, -0.05) is 0 Å². The van der Waals surface area contributed by atoms with Crippen molar-refractivity contribution in [1.29, 1.82) is 0 Å². The van der Waals surface area contributed by atoms with Crippen molar-refractivity contribution < 1.29 is 32.2 Å². The zero-order chi connectivity index (χ0) is 28.1. The summed E-state index contributed by atoms with van der Waals surface area (Å²) >= 11 is 0. The molecule has 2 aliphatic heterocycles. The average molecular weight is 545 g/mol. The fraction of sp³-hybridized carbons (Fsp3) is 0.423. The minimum atomic E-state index is -4.45. The third-order valence-corrected chi connectivity index (χ3v) is 6.84. The van der Waals surface area contributed by atoms with Crippen molar-refractivity contribution in [1.82, 2.24) is 25.1 Å². The summed E-state index contributed by atoms with van der Waals surface area (Å²) in [5.74, 6) is -0.581. The molecule has 1 N–H and O–H groups in total. The molecule has 0 bridgehead atoms. The van der Waals surface area contributed by atoms with Crippen molar-refractivity contribution in [2.45, 2.75) is 51.5 Å². The van der Waals surface area contributed by atoms with E-state index in [1.165, 1.54) is 30.6 Å². The summed E-state index contributed by atoms with van der Waals surface area (Å²) in [7, 11) is 1.43. The van der Waals surface area contributed by atoms with E-state index in [2.05, 4.69) is 15.4 Å². The number of hydrogen-bond donors (Lipinski definition) is 1. The Morgan fingerprint density at radius 3 is 2.72 bits per heavy atom. The summed E-state index contributed by atoms with van der Waals surface area (Å²) in [6.07, 6.45) is 0.230. The van der Waals surface area contributed by atoms with Gasteiger partial charge in [0, 0.05) is 24.6 Å². The minimum absolute atomic E-state index is 0.107. The first-order chi connectivity index (χ1) is 18.4. The molecule has 1 unspecified atom stereocenters. The topological polar surface area (TPSA) is 111 Å². The van der Waals surface area contributed by atoms with Gasteiger partial charge in [0.05, 0.1) is 54.1 Å². The van der Waals surface area contributed by atoms with Crippen LogP contribution < -0.4 is 15.0 Å². The highest BCUT2D eigenvalue weighted by Gasteiger charge is 2.47. The Morgan fingerprint density at radius 1 is 1.28 bits per heavy atom. The molecule has 5 heterocycles. The number of nitrogens with one attached hydrogen (secondary N) is 1. The van der Waals surface area contributed by atoms with Crippen molar-refractivity contribution in [2.24, 2.45) is 0 Å². The number of carbonyl (C=O) groups is 2. The molecule has 2 aliphatic rings. The van der Waals surface area contributed by atoms with Crippen molar-refractivity contribution in [3.05, 3.63) is 53.1 Å². The van der Waals surface area contributed by atoms with Crippen LogP contribution in [0.1, 0.15) is 52.2 Å². The van der Waals surface area contributed by atoms with Gasteiger partial charge in [0.25, 0.3) is 11.8 Å². The molecule has 1 saturated heterocycles. The third kappa shape index (κ3) is 4.93. The van der Waals surface area contributed by atoms with Gasteiger partial charge in [0.2, 0.25) is 5.88 Å². The number of pyridine rings is 2. The number of rotatable bonds is 6. The number of anilines is 1. The standard InChI is InChI=1S/C26H27F3N6O4/c1-14-7-19(15-8-18(23(38-4)30-9-15)22(36)32-16-5-6-39-12-16)33-21-20(14)24(37)35(25(21,2)3)17-10-31-34(11-17)13-26(27,28)29/h7-11,16H,5-6,12-13H2,1-4H3,(H,32,36). The molecule has 39 heavy (non-hydrogen) atoms. The Kier molecular flexibility index (Phi) is 6.57. The normalized spacial score (nSPS) is 18.4. The first-order valence-electron chi connectivity index (χ1n) is 12.3. The Balaban J connectivity index is 1.50. The molecule has 2 amide bonds. The Hall–Kier alpha value is -4.00. The van der Waals surface area contributed by atoms with E-state index in [-0.39, 0.29) is 35.0 Å². The number of alkyl halides is 3. The maximum Gasteiger partial charge on any atom is 0.408 e. The number of ether oxygens (including phenoxy) is 2. The maximum absolute atomic E-state index is 13.5. The van der Waals surface area contributed by atoms with E-state index >= 15 is 0 Å². The van der Waals surface area contributed by atoms with Gasteiger partial charge in [-0.25, -0.2) is 9.97 Å². The van der Waals surface area contributed by atoms with E-state index in [1.807, 2.05) is 0 Å². The zero-order valence-corrected chi connectivity index (χ0v) is 21.8. The molecular weight excluding hydrogens is 517 g/mol. The van der Waals surface area contributed by atoms with Crippen LogP contribution >= 0.6 is 0 Å². The van der Waals surface area contributed by atoms with E-state index in [9.17, 15) is 22.8 Å². The smallest absolute Gasteiger partial charge is 0.408 e.